The molecule has 1 aromatic heterocycles. The summed E-state index contributed by atoms with van der Waals surface area (Å²) in [6.07, 6.45) is 0. The smallest absolute Gasteiger partial charge is 0.144 e. The molecule has 0 amide bonds. The van der Waals surface area contributed by atoms with E-state index in [1.165, 1.54) is 0 Å². The van der Waals surface area contributed by atoms with Crippen LogP contribution in [0.25, 0.3) is 10.2 Å². The van der Waals surface area contributed by atoms with Gasteiger partial charge < -0.3 is 10.5 Å². The van der Waals surface area contributed by atoms with Gasteiger partial charge in [-0.3, -0.25) is 0 Å². The number of rotatable bonds is 3. The van der Waals surface area contributed by atoms with E-state index in [2.05, 4.69) is 4.98 Å². The first-order chi connectivity index (χ1) is 9.63. The maximum absolute atomic E-state index is 5.95. The van der Waals surface area contributed by atoms with Crippen molar-refractivity contribution in [1.82, 2.24) is 4.98 Å². The number of nitrogen functional groups attached to an aromatic ring is 1. The number of nitrogens with two attached hydrogens (primary N) is 1. The average Bonchev–Trinajstić information content (AvgIpc) is 2.84. The van der Waals surface area contributed by atoms with Crippen LogP contribution in [0.15, 0.2) is 36.4 Å². The van der Waals surface area contributed by atoms with Gasteiger partial charge in [0.25, 0.3) is 0 Å². The van der Waals surface area contributed by atoms with E-state index in [9.17, 15) is 0 Å². The molecule has 2 N–H and O–H groups in total. The molecular weight excluding hydrogens is 315 g/mol. The van der Waals surface area contributed by atoms with Crippen LogP contribution in [-0.2, 0) is 6.61 Å². The number of ether oxygens (including phenoxy) is 1. The van der Waals surface area contributed by atoms with Crippen LogP contribution in [0.4, 0.5) is 5.69 Å². The second-order valence-corrected chi connectivity index (χ2v) is 6.10. The number of nitrogens with zero attached hydrogens (tertiary/aromatic N) is 1. The van der Waals surface area contributed by atoms with Gasteiger partial charge in [-0.05, 0) is 18.2 Å². The van der Waals surface area contributed by atoms with E-state index in [1.54, 1.807) is 23.5 Å². The zero-order valence-electron chi connectivity index (χ0n) is 10.3. The van der Waals surface area contributed by atoms with Crippen molar-refractivity contribution in [3.05, 3.63) is 51.5 Å². The van der Waals surface area contributed by atoms with Gasteiger partial charge in [-0.2, -0.15) is 0 Å². The van der Waals surface area contributed by atoms with Crippen LogP contribution in [-0.4, -0.2) is 4.98 Å². The summed E-state index contributed by atoms with van der Waals surface area (Å²) in [4.78, 5) is 4.49. The molecule has 0 radical (unpaired) electrons. The Hall–Kier alpha value is -1.49. The van der Waals surface area contributed by atoms with E-state index in [-0.39, 0.29) is 0 Å². The van der Waals surface area contributed by atoms with Crippen molar-refractivity contribution in [3.8, 4) is 5.75 Å². The normalized spacial score (nSPS) is 10.9. The van der Waals surface area contributed by atoms with Crippen LogP contribution in [0.2, 0.25) is 10.0 Å². The molecule has 3 aromatic rings. The Morgan fingerprint density at radius 2 is 1.90 bits per heavy atom. The van der Waals surface area contributed by atoms with Crippen molar-refractivity contribution in [3.63, 3.8) is 0 Å². The highest BCUT2D eigenvalue weighted by Gasteiger charge is 2.08. The number of fused-ring (bicyclic) bond motifs is 1. The first-order valence-electron chi connectivity index (χ1n) is 5.85. The monoisotopic (exact) mass is 324 g/mol. The van der Waals surface area contributed by atoms with E-state index in [4.69, 9.17) is 33.7 Å². The molecule has 102 valence electrons. The minimum absolute atomic E-state index is 0.349. The number of halogens is 2. The van der Waals surface area contributed by atoms with Gasteiger partial charge in [0.1, 0.15) is 17.4 Å². The molecule has 20 heavy (non-hydrogen) atoms. The minimum atomic E-state index is 0.349. The van der Waals surface area contributed by atoms with Gasteiger partial charge in [0.05, 0.1) is 25.9 Å². The number of para-hydroxylation sites is 1. The molecule has 0 saturated carbocycles. The first kappa shape index (κ1) is 13.5. The zero-order valence-corrected chi connectivity index (χ0v) is 12.6. The molecule has 0 unspecified atom stereocenters. The van der Waals surface area contributed by atoms with E-state index < -0.39 is 0 Å². The van der Waals surface area contributed by atoms with E-state index in [0.29, 0.717) is 28.1 Å². The highest BCUT2D eigenvalue weighted by atomic mass is 35.5. The fourth-order valence-electron chi connectivity index (χ4n) is 1.79. The molecule has 3 rings (SSSR count). The number of aromatic nitrogens is 1. The van der Waals surface area contributed by atoms with Gasteiger partial charge in [0, 0.05) is 6.07 Å². The van der Waals surface area contributed by atoms with Crippen LogP contribution >= 0.6 is 34.5 Å². The van der Waals surface area contributed by atoms with Crippen LogP contribution in [0.3, 0.4) is 0 Å². The van der Waals surface area contributed by atoms with E-state index in [1.807, 2.05) is 24.3 Å². The molecule has 0 aliphatic rings. The van der Waals surface area contributed by atoms with Crippen molar-refractivity contribution < 1.29 is 4.74 Å². The molecule has 0 atom stereocenters. The minimum Gasteiger partial charge on any atom is -0.484 e. The molecule has 0 saturated heterocycles. The number of benzene rings is 2. The average molecular weight is 325 g/mol. The lowest BCUT2D eigenvalue weighted by Gasteiger charge is -2.08. The predicted octanol–water partition coefficient (Wildman–Crippen LogP) is 4.76. The molecule has 3 nitrogen and oxygen atoms in total. The van der Waals surface area contributed by atoms with E-state index in [0.717, 1.165) is 15.2 Å². The number of hydrogen-bond donors (Lipinski definition) is 1. The summed E-state index contributed by atoms with van der Waals surface area (Å²) < 4.78 is 6.80. The lowest BCUT2D eigenvalue weighted by atomic mass is 10.3. The number of anilines is 1. The second kappa shape index (κ2) is 5.48. The molecular formula is C14H10Cl2N2OS. The van der Waals surface area contributed by atoms with Crippen LogP contribution in [0.5, 0.6) is 5.75 Å². The van der Waals surface area contributed by atoms with Gasteiger partial charge in [0.2, 0.25) is 0 Å². The fourth-order valence-corrected chi connectivity index (χ4v) is 3.00. The Morgan fingerprint density at radius 1 is 1.15 bits per heavy atom. The first-order valence-corrected chi connectivity index (χ1v) is 7.42. The molecule has 0 spiro atoms. The van der Waals surface area contributed by atoms with Crippen LogP contribution < -0.4 is 10.5 Å². The lowest BCUT2D eigenvalue weighted by molar-refractivity contribution is 0.307. The topological polar surface area (TPSA) is 48.1 Å². The Kier molecular flexibility index (Phi) is 3.70. The lowest BCUT2D eigenvalue weighted by Crippen LogP contribution is -1.98. The molecule has 0 fully saturated rings. The fraction of sp³-hybridized carbons (Fsp3) is 0.0714. The van der Waals surface area contributed by atoms with Gasteiger partial charge in [0.15, 0.2) is 0 Å². The van der Waals surface area contributed by atoms with Crippen LogP contribution in [0.1, 0.15) is 5.01 Å². The van der Waals surface area contributed by atoms with Gasteiger partial charge in [-0.25, -0.2) is 4.98 Å². The van der Waals surface area contributed by atoms with Gasteiger partial charge >= 0.3 is 0 Å². The number of thiazole rings is 1. The quantitative estimate of drug-likeness (QED) is 0.706. The molecule has 1 heterocycles. The summed E-state index contributed by atoms with van der Waals surface area (Å²) in [6, 6.07) is 11.2. The molecule has 0 bridgehead atoms. The standard InChI is InChI=1S/C14H10Cl2N2OS/c15-8-5-10(17)12(6-9(8)16)19-7-14-18-11-3-1-2-4-13(11)20-14/h1-6H,7,17H2. The summed E-state index contributed by atoms with van der Waals surface area (Å²) in [5.74, 6) is 0.513. The Balaban J connectivity index is 1.81. The third-order valence-electron chi connectivity index (χ3n) is 2.74. The van der Waals surface area contributed by atoms with E-state index >= 15 is 0 Å². The van der Waals surface area contributed by atoms with Crippen molar-refractivity contribution in [2.45, 2.75) is 6.61 Å². The largest absolute Gasteiger partial charge is 0.484 e. The van der Waals surface area contributed by atoms with Gasteiger partial charge in [-0.15, -0.1) is 11.3 Å². The molecule has 6 heteroatoms. The SMILES string of the molecule is Nc1cc(Cl)c(Cl)cc1OCc1nc2ccccc2s1. The maximum Gasteiger partial charge on any atom is 0.144 e. The van der Waals surface area contributed by atoms with Crippen LogP contribution in [0, 0.1) is 0 Å². The predicted molar refractivity (Wildman–Crippen MR) is 84.8 cm³/mol. The Bertz CT molecular complexity index is 740. The summed E-state index contributed by atoms with van der Waals surface area (Å²) >= 11 is 13.4. The van der Waals surface area contributed by atoms with Gasteiger partial charge in [-0.1, -0.05) is 35.3 Å². The third kappa shape index (κ3) is 2.68. The van der Waals surface area contributed by atoms with Crippen molar-refractivity contribution >= 4 is 50.4 Å². The zero-order chi connectivity index (χ0) is 14.1. The van der Waals surface area contributed by atoms with Crippen molar-refractivity contribution in [1.29, 1.82) is 0 Å². The maximum atomic E-state index is 5.95. The summed E-state index contributed by atoms with van der Waals surface area (Å²) in [7, 11) is 0. The summed E-state index contributed by atoms with van der Waals surface area (Å²) in [5.41, 5.74) is 7.27. The Labute approximate surface area is 129 Å². The number of hydrogen-bond acceptors (Lipinski definition) is 4. The van der Waals surface area contributed by atoms with Crippen molar-refractivity contribution in [2.75, 3.05) is 5.73 Å². The third-order valence-corrected chi connectivity index (χ3v) is 4.47. The van der Waals surface area contributed by atoms with Crippen molar-refractivity contribution in [2.24, 2.45) is 0 Å². The second-order valence-electron chi connectivity index (χ2n) is 4.17. The Morgan fingerprint density at radius 3 is 2.70 bits per heavy atom. The molecule has 0 aliphatic heterocycles. The highest BCUT2D eigenvalue weighted by Crippen LogP contribution is 2.33. The summed E-state index contributed by atoms with van der Waals surface area (Å²) in [6.45, 7) is 0.349. The molecule has 2 aromatic carbocycles. The summed E-state index contributed by atoms with van der Waals surface area (Å²) in [5, 5.41) is 1.72. The molecule has 0 aliphatic carbocycles. The highest BCUT2D eigenvalue weighted by molar-refractivity contribution is 7.18.